The van der Waals surface area contributed by atoms with Gasteiger partial charge in [0.05, 0.1) is 36.2 Å². The SMILES string of the molecule is COC(=O)C1=CN(C)C=C(C(=O)OC)C1c1ccccc1[N+](=O)[O-]. The number of methoxy groups -OCH3 is 2. The maximum atomic E-state index is 12.2. The van der Waals surface area contributed by atoms with Crippen LogP contribution in [0.4, 0.5) is 5.69 Å². The van der Waals surface area contributed by atoms with Gasteiger partial charge in [-0.2, -0.15) is 0 Å². The Hall–Kier alpha value is -3.16. The number of hydrogen-bond donors (Lipinski definition) is 0. The average Bonchev–Trinajstić information content (AvgIpc) is 2.59. The van der Waals surface area contributed by atoms with Crippen LogP contribution >= 0.6 is 0 Å². The monoisotopic (exact) mass is 332 g/mol. The number of nitro benzene ring substituents is 1. The van der Waals surface area contributed by atoms with E-state index < -0.39 is 22.8 Å². The van der Waals surface area contributed by atoms with Gasteiger partial charge in [0, 0.05) is 31.1 Å². The minimum atomic E-state index is -0.956. The van der Waals surface area contributed by atoms with Gasteiger partial charge in [0.25, 0.3) is 5.69 Å². The van der Waals surface area contributed by atoms with Gasteiger partial charge < -0.3 is 14.4 Å². The van der Waals surface area contributed by atoms with Crippen molar-refractivity contribution < 1.29 is 24.0 Å². The van der Waals surface area contributed by atoms with Crippen LogP contribution < -0.4 is 0 Å². The Kier molecular flexibility index (Phi) is 4.98. The van der Waals surface area contributed by atoms with Crippen molar-refractivity contribution in [1.82, 2.24) is 4.90 Å². The van der Waals surface area contributed by atoms with E-state index in [1.165, 1.54) is 49.7 Å². The number of rotatable bonds is 4. The highest BCUT2D eigenvalue weighted by Gasteiger charge is 2.37. The fourth-order valence-corrected chi connectivity index (χ4v) is 2.60. The highest BCUT2D eigenvalue weighted by atomic mass is 16.6. The van der Waals surface area contributed by atoms with Crippen LogP contribution in [0.25, 0.3) is 0 Å². The summed E-state index contributed by atoms with van der Waals surface area (Å²) in [5, 5.41) is 11.3. The zero-order valence-corrected chi connectivity index (χ0v) is 13.4. The lowest BCUT2D eigenvalue weighted by Crippen LogP contribution is -2.27. The third kappa shape index (κ3) is 3.12. The van der Waals surface area contributed by atoms with Crippen LogP contribution in [0, 0.1) is 10.1 Å². The summed E-state index contributed by atoms with van der Waals surface area (Å²) in [5.41, 5.74) is 0.231. The number of nitrogens with zero attached hydrogens (tertiary/aromatic N) is 2. The van der Waals surface area contributed by atoms with E-state index in [4.69, 9.17) is 9.47 Å². The summed E-state index contributed by atoms with van der Waals surface area (Å²) in [6.45, 7) is 0. The molecule has 0 atom stereocenters. The molecule has 1 aromatic rings. The molecule has 0 saturated carbocycles. The molecular weight excluding hydrogens is 316 g/mol. The Balaban J connectivity index is 2.69. The minimum Gasteiger partial charge on any atom is -0.466 e. The van der Waals surface area contributed by atoms with E-state index in [0.717, 1.165) is 0 Å². The summed E-state index contributed by atoms with van der Waals surface area (Å²) in [7, 11) is 4.03. The lowest BCUT2D eigenvalue weighted by molar-refractivity contribution is -0.385. The molecule has 0 radical (unpaired) electrons. The first-order valence-corrected chi connectivity index (χ1v) is 6.96. The molecule has 8 nitrogen and oxygen atoms in total. The van der Waals surface area contributed by atoms with Crippen molar-refractivity contribution in [3.63, 3.8) is 0 Å². The number of benzene rings is 1. The molecule has 1 aromatic carbocycles. The van der Waals surface area contributed by atoms with Crippen LogP contribution in [0.5, 0.6) is 0 Å². The highest BCUT2D eigenvalue weighted by molar-refractivity contribution is 5.99. The molecule has 1 heterocycles. The first kappa shape index (κ1) is 17.2. The zero-order chi connectivity index (χ0) is 17.9. The van der Waals surface area contributed by atoms with Crippen molar-refractivity contribution in [2.45, 2.75) is 5.92 Å². The molecule has 1 aliphatic heterocycles. The number of carbonyl (C=O) groups is 2. The first-order chi connectivity index (χ1) is 11.4. The topological polar surface area (TPSA) is 99.0 Å². The van der Waals surface area contributed by atoms with Crippen LogP contribution in [0.3, 0.4) is 0 Å². The quantitative estimate of drug-likeness (QED) is 0.470. The Bertz CT molecular complexity index is 719. The Morgan fingerprint density at radius 3 is 2.04 bits per heavy atom. The molecule has 0 fully saturated rings. The summed E-state index contributed by atoms with van der Waals surface area (Å²) in [6, 6.07) is 5.93. The van der Waals surface area contributed by atoms with E-state index in [2.05, 4.69) is 0 Å². The molecule has 126 valence electrons. The lowest BCUT2D eigenvalue weighted by Gasteiger charge is -2.27. The standard InChI is InChI=1S/C16H16N2O6/c1-17-8-11(15(19)23-2)14(12(9-17)16(20)24-3)10-6-4-5-7-13(10)18(21)22/h4-9,14H,1-3H3. The van der Waals surface area contributed by atoms with Crippen LogP contribution in [0.1, 0.15) is 11.5 Å². The van der Waals surface area contributed by atoms with E-state index in [1.807, 2.05) is 0 Å². The predicted molar refractivity (Wildman–Crippen MR) is 83.8 cm³/mol. The third-order valence-corrected chi connectivity index (χ3v) is 3.59. The average molecular weight is 332 g/mol. The second-order valence-electron chi connectivity index (χ2n) is 5.07. The van der Waals surface area contributed by atoms with Crippen LogP contribution in [-0.2, 0) is 19.1 Å². The maximum Gasteiger partial charge on any atom is 0.336 e. The number of esters is 2. The molecule has 0 saturated heterocycles. The van der Waals surface area contributed by atoms with Gasteiger partial charge in [-0.25, -0.2) is 9.59 Å². The molecule has 24 heavy (non-hydrogen) atoms. The fourth-order valence-electron chi connectivity index (χ4n) is 2.60. The summed E-state index contributed by atoms with van der Waals surface area (Å²) in [6.07, 6.45) is 2.94. The van der Waals surface area contributed by atoms with E-state index in [9.17, 15) is 19.7 Å². The lowest BCUT2D eigenvalue weighted by atomic mass is 9.82. The molecule has 0 unspecified atom stereocenters. The molecule has 0 amide bonds. The predicted octanol–water partition coefficient (Wildman–Crippen LogP) is 1.74. The molecule has 0 bridgehead atoms. The van der Waals surface area contributed by atoms with Gasteiger partial charge in [-0.1, -0.05) is 18.2 Å². The van der Waals surface area contributed by atoms with Gasteiger partial charge in [-0.3, -0.25) is 10.1 Å². The largest absolute Gasteiger partial charge is 0.466 e. The summed E-state index contributed by atoms with van der Waals surface area (Å²) in [4.78, 5) is 36.6. The van der Waals surface area contributed by atoms with E-state index in [0.29, 0.717) is 0 Å². The highest BCUT2D eigenvalue weighted by Crippen LogP contribution is 2.40. The molecule has 0 aliphatic carbocycles. The number of hydrogen-bond acceptors (Lipinski definition) is 7. The molecule has 8 heteroatoms. The van der Waals surface area contributed by atoms with Crippen molar-refractivity contribution >= 4 is 17.6 Å². The molecule has 0 aromatic heterocycles. The van der Waals surface area contributed by atoms with Crippen molar-refractivity contribution in [1.29, 1.82) is 0 Å². The van der Waals surface area contributed by atoms with E-state index in [1.54, 1.807) is 13.1 Å². The van der Waals surface area contributed by atoms with Gasteiger partial charge in [0.1, 0.15) is 0 Å². The summed E-state index contributed by atoms with van der Waals surface area (Å²) < 4.78 is 9.54. The van der Waals surface area contributed by atoms with Crippen LogP contribution in [-0.4, -0.2) is 43.0 Å². The molecule has 0 N–H and O–H groups in total. The molecule has 2 rings (SSSR count). The Labute approximate surface area is 138 Å². The zero-order valence-electron chi connectivity index (χ0n) is 13.4. The second kappa shape index (κ2) is 6.95. The smallest absolute Gasteiger partial charge is 0.336 e. The van der Waals surface area contributed by atoms with Crippen LogP contribution in [0.15, 0.2) is 47.8 Å². The Morgan fingerprint density at radius 2 is 1.58 bits per heavy atom. The van der Waals surface area contributed by atoms with Crippen molar-refractivity contribution in [2.24, 2.45) is 0 Å². The minimum absolute atomic E-state index is 0.109. The van der Waals surface area contributed by atoms with Crippen molar-refractivity contribution in [3.05, 3.63) is 63.5 Å². The van der Waals surface area contributed by atoms with Gasteiger partial charge in [-0.15, -0.1) is 0 Å². The van der Waals surface area contributed by atoms with Crippen molar-refractivity contribution in [2.75, 3.05) is 21.3 Å². The normalized spacial score (nSPS) is 14.5. The first-order valence-electron chi connectivity index (χ1n) is 6.96. The van der Waals surface area contributed by atoms with Crippen molar-refractivity contribution in [3.8, 4) is 0 Å². The fraction of sp³-hybridized carbons (Fsp3) is 0.250. The van der Waals surface area contributed by atoms with Crippen LogP contribution in [0.2, 0.25) is 0 Å². The number of para-hydroxylation sites is 1. The van der Waals surface area contributed by atoms with Gasteiger partial charge >= 0.3 is 11.9 Å². The molecular formula is C16H16N2O6. The molecule has 1 aliphatic rings. The summed E-state index contributed by atoms with van der Waals surface area (Å²) >= 11 is 0. The maximum absolute atomic E-state index is 12.2. The van der Waals surface area contributed by atoms with E-state index in [-0.39, 0.29) is 22.4 Å². The van der Waals surface area contributed by atoms with Gasteiger partial charge in [-0.05, 0) is 0 Å². The number of carbonyl (C=O) groups excluding carboxylic acids is 2. The summed E-state index contributed by atoms with van der Waals surface area (Å²) in [5.74, 6) is -2.32. The Morgan fingerprint density at radius 1 is 1.08 bits per heavy atom. The number of nitro groups is 1. The second-order valence-corrected chi connectivity index (χ2v) is 5.07. The third-order valence-electron chi connectivity index (χ3n) is 3.59. The van der Waals surface area contributed by atoms with E-state index >= 15 is 0 Å². The van der Waals surface area contributed by atoms with Gasteiger partial charge in [0.2, 0.25) is 0 Å². The molecule has 0 spiro atoms. The number of ether oxygens (including phenoxy) is 2. The van der Waals surface area contributed by atoms with Gasteiger partial charge in [0.15, 0.2) is 0 Å².